The first-order valence-corrected chi connectivity index (χ1v) is 18.2. The molecule has 0 radical (unpaired) electrons. The zero-order chi connectivity index (χ0) is 31.2. The number of hydrogen-bond acceptors (Lipinski definition) is 11. The number of ether oxygens (including phenoxy) is 1. The lowest BCUT2D eigenvalue weighted by atomic mass is 9.96. The fourth-order valence-corrected chi connectivity index (χ4v) is 7.84. The molecule has 0 saturated carbocycles. The Balaban J connectivity index is 1.19. The van der Waals surface area contributed by atoms with E-state index in [0.29, 0.717) is 45.1 Å². The van der Waals surface area contributed by atoms with Crippen LogP contribution in [0.1, 0.15) is 18.4 Å². The molecule has 2 N–H and O–H groups in total. The molecule has 2 aliphatic heterocycles. The number of pyridine rings is 1. The highest BCUT2D eigenvalue weighted by molar-refractivity contribution is 9.10. The van der Waals surface area contributed by atoms with Gasteiger partial charge in [-0.05, 0) is 86.9 Å². The van der Waals surface area contributed by atoms with Gasteiger partial charge in [-0.25, -0.2) is 4.98 Å². The fourth-order valence-electron chi connectivity index (χ4n) is 6.16. The number of anilines is 5. The number of likely N-dealkylation sites (N-methyl/N-ethyl adjacent to an activating group) is 1. The van der Waals surface area contributed by atoms with E-state index in [9.17, 15) is 4.57 Å². The molecule has 44 heavy (non-hydrogen) atoms. The van der Waals surface area contributed by atoms with Gasteiger partial charge in [-0.3, -0.25) is 9.30 Å². The summed E-state index contributed by atoms with van der Waals surface area (Å²) in [6, 6.07) is 9.24. The first-order valence-electron chi connectivity index (χ1n) is 14.8. The molecule has 5 heterocycles. The van der Waals surface area contributed by atoms with Gasteiger partial charge in [0, 0.05) is 56.2 Å². The normalized spacial score (nSPS) is 16.9. The molecule has 2 fully saturated rings. The minimum Gasteiger partial charge on any atom is -0.494 e. The number of hydrogen-bond donors (Lipinski definition) is 2. The van der Waals surface area contributed by atoms with Crippen molar-refractivity contribution in [3.8, 4) is 5.75 Å². The monoisotopic (exact) mass is 682 g/mol. The Morgan fingerprint density at radius 1 is 1.09 bits per heavy atom. The van der Waals surface area contributed by atoms with Gasteiger partial charge in [0.1, 0.15) is 30.5 Å². The van der Waals surface area contributed by atoms with E-state index in [0.717, 1.165) is 30.1 Å². The molecule has 6 rings (SSSR count). The summed E-state index contributed by atoms with van der Waals surface area (Å²) < 4.78 is 21.5. The molecule has 0 bridgehead atoms. The summed E-state index contributed by atoms with van der Waals surface area (Å²) in [5, 5.41) is 14.8. The maximum absolute atomic E-state index is 13.3. The van der Waals surface area contributed by atoms with E-state index < -0.39 is 7.14 Å². The van der Waals surface area contributed by atoms with Gasteiger partial charge in [-0.2, -0.15) is 4.98 Å². The van der Waals surface area contributed by atoms with Crippen LogP contribution in [0.5, 0.6) is 5.75 Å². The third kappa shape index (κ3) is 6.15. The van der Waals surface area contributed by atoms with Gasteiger partial charge in [-0.15, -0.1) is 10.2 Å². The number of nitrogens with one attached hydrogen (secondary N) is 2. The van der Waals surface area contributed by atoms with E-state index in [4.69, 9.17) is 9.72 Å². The van der Waals surface area contributed by atoms with Crippen LogP contribution in [0.15, 0.2) is 41.3 Å². The third-order valence-electron chi connectivity index (χ3n) is 8.66. The number of benzene rings is 1. The standard InChI is InChI=1S/C30H40BrN10O2P/c1-19-13-24(26(43-4)14-25(19)39-11-9-20(10-12-39)40-16-21(17-40)38(2)3)35-30-32-15-22(31)28(36-30)34-23-7-8-27-37-33-18-41(27)29(23)44(5,6)42/h7-8,13-15,18,20-21H,9-12,16-17H2,1-6H3,(H2,32,34,35,36). The quantitative estimate of drug-likeness (QED) is 0.242. The van der Waals surface area contributed by atoms with E-state index in [2.05, 4.69) is 89.6 Å². The first kappa shape index (κ1) is 30.8. The highest BCUT2D eigenvalue weighted by atomic mass is 79.9. The Bertz CT molecular complexity index is 1710. The minimum atomic E-state index is -2.71. The number of likely N-dealkylation sites (tertiary alicyclic amines) is 1. The van der Waals surface area contributed by atoms with Crippen molar-refractivity contribution in [2.75, 3.05) is 76.2 Å². The molecule has 14 heteroatoms. The lowest BCUT2D eigenvalue weighted by Crippen LogP contribution is -2.62. The maximum Gasteiger partial charge on any atom is 0.229 e. The molecule has 0 atom stereocenters. The molecular weight excluding hydrogens is 643 g/mol. The molecule has 1 aromatic carbocycles. The second kappa shape index (κ2) is 12.3. The van der Waals surface area contributed by atoms with Crippen LogP contribution >= 0.6 is 23.1 Å². The molecule has 234 valence electrons. The highest BCUT2D eigenvalue weighted by Gasteiger charge is 2.35. The second-order valence-electron chi connectivity index (χ2n) is 12.2. The summed E-state index contributed by atoms with van der Waals surface area (Å²) in [6.07, 6.45) is 5.59. The van der Waals surface area contributed by atoms with Crippen LogP contribution in [-0.2, 0) is 4.57 Å². The zero-order valence-electron chi connectivity index (χ0n) is 26.1. The molecule has 2 aliphatic rings. The molecule has 0 unspecified atom stereocenters. The number of aryl methyl sites for hydroxylation is 1. The predicted octanol–water partition coefficient (Wildman–Crippen LogP) is 4.55. The molecule has 3 aromatic heterocycles. The van der Waals surface area contributed by atoms with Crippen molar-refractivity contribution in [3.63, 3.8) is 0 Å². The lowest BCUT2D eigenvalue weighted by Gasteiger charge is -2.49. The molecule has 0 aliphatic carbocycles. The van der Waals surface area contributed by atoms with Crippen molar-refractivity contribution in [2.24, 2.45) is 0 Å². The topological polar surface area (TPSA) is 116 Å². The summed E-state index contributed by atoms with van der Waals surface area (Å²) in [6.45, 7) is 9.99. The van der Waals surface area contributed by atoms with Crippen molar-refractivity contribution in [1.29, 1.82) is 0 Å². The number of aromatic nitrogens is 5. The Morgan fingerprint density at radius 3 is 2.52 bits per heavy atom. The van der Waals surface area contributed by atoms with Gasteiger partial charge in [0.25, 0.3) is 0 Å². The maximum atomic E-state index is 13.3. The highest BCUT2D eigenvalue weighted by Crippen LogP contribution is 2.40. The number of methoxy groups -OCH3 is 1. The summed E-state index contributed by atoms with van der Waals surface area (Å²) in [5.74, 6) is 1.65. The Hall–Kier alpha value is -3.25. The fraction of sp³-hybridized carbons (Fsp3) is 0.467. The van der Waals surface area contributed by atoms with Crippen molar-refractivity contribution in [2.45, 2.75) is 31.8 Å². The average molecular weight is 684 g/mol. The average Bonchev–Trinajstić information content (AvgIpc) is 3.42. The van der Waals surface area contributed by atoms with E-state index >= 15 is 0 Å². The number of halogens is 1. The summed E-state index contributed by atoms with van der Waals surface area (Å²) in [5.41, 5.74) is 5.03. The van der Waals surface area contributed by atoms with Crippen LogP contribution in [0.3, 0.4) is 0 Å². The smallest absolute Gasteiger partial charge is 0.229 e. The Kier molecular flexibility index (Phi) is 8.58. The molecule has 0 spiro atoms. The van der Waals surface area contributed by atoms with Gasteiger partial charge in [0.15, 0.2) is 5.65 Å². The molecule has 2 saturated heterocycles. The minimum absolute atomic E-state index is 0.399. The number of rotatable bonds is 9. The van der Waals surface area contributed by atoms with E-state index in [1.54, 1.807) is 37.4 Å². The van der Waals surface area contributed by atoms with Crippen molar-refractivity contribution < 1.29 is 9.30 Å². The van der Waals surface area contributed by atoms with Crippen molar-refractivity contribution >= 4 is 63.0 Å². The number of fused-ring (bicyclic) bond motifs is 1. The predicted molar refractivity (Wildman–Crippen MR) is 180 cm³/mol. The van der Waals surface area contributed by atoms with Crippen LogP contribution in [0, 0.1) is 6.92 Å². The first-order chi connectivity index (χ1) is 21.0. The van der Waals surface area contributed by atoms with Crippen LogP contribution < -0.4 is 25.7 Å². The van der Waals surface area contributed by atoms with Gasteiger partial charge in [0.2, 0.25) is 5.95 Å². The van der Waals surface area contributed by atoms with E-state index in [1.807, 2.05) is 12.1 Å². The number of piperidine rings is 1. The van der Waals surface area contributed by atoms with Crippen LogP contribution in [0.4, 0.5) is 28.8 Å². The SMILES string of the molecule is COc1cc(N2CCC(N3CC(N(C)C)C3)CC2)c(C)cc1Nc1ncc(Br)c(Nc2ccc3nncn3c2P(C)(C)=O)n1. The van der Waals surface area contributed by atoms with Crippen molar-refractivity contribution in [1.82, 2.24) is 34.4 Å². The van der Waals surface area contributed by atoms with Crippen LogP contribution in [0.2, 0.25) is 0 Å². The van der Waals surface area contributed by atoms with E-state index in [1.165, 1.54) is 31.6 Å². The van der Waals surface area contributed by atoms with Crippen LogP contribution in [-0.4, -0.2) is 107 Å². The zero-order valence-corrected chi connectivity index (χ0v) is 28.6. The molecular formula is C30H40BrN10O2P. The summed E-state index contributed by atoms with van der Waals surface area (Å²) in [4.78, 5) is 16.7. The molecule has 4 aromatic rings. The Labute approximate surface area is 266 Å². The van der Waals surface area contributed by atoms with Gasteiger partial charge >= 0.3 is 0 Å². The summed E-state index contributed by atoms with van der Waals surface area (Å²) in [7, 11) is 3.32. The van der Waals surface area contributed by atoms with Crippen molar-refractivity contribution in [3.05, 3.63) is 46.8 Å². The van der Waals surface area contributed by atoms with E-state index in [-0.39, 0.29) is 0 Å². The third-order valence-corrected chi connectivity index (χ3v) is 10.7. The number of nitrogens with zero attached hydrogens (tertiary/aromatic N) is 8. The molecule has 0 amide bonds. The summed E-state index contributed by atoms with van der Waals surface area (Å²) >= 11 is 3.56. The largest absolute Gasteiger partial charge is 0.494 e. The van der Waals surface area contributed by atoms with Gasteiger partial charge in [0.05, 0.1) is 23.0 Å². The second-order valence-corrected chi connectivity index (χ2v) is 16.2. The Morgan fingerprint density at radius 2 is 1.84 bits per heavy atom. The lowest BCUT2D eigenvalue weighted by molar-refractivity contribution is 0.0188. The van der Waals surface area contributed by atoms with Crippen LogP contribution in [0.25, 0.3) is 5.65 Å². The van der Waals surface area contributed by atoms with Gasteiger partial charge < -0.3 is 29.7 Å². The van der Waals surface area contributed by atoms with Gasteiger partial charge in [-0.1, -0.05) is 0 Å². The molecule has 12 nitrogen and oxygen atoms in total.